The third kappa shape index (κ3) is 8.24. The summed E-state index contributed by atoms with van der Waals surface area (Å²) in [6.45, 7) is 14.5. The molecular weight excluding hydrogens is 508 g/mol. The van der Waals surface area contributed by atoms with E-state index in [-0.39, 0.29) is 0 Å². The Hall–Kier alpha value is -4.56. The molecule has 0 saturated heterocycles. The number of fused-ring (bicyclic) bond motifs is 6. The quantitative estimate of drug-likeness (QED) is 0.189. The molecule has 2 nitrogen and oxygen atoms in total. The third-order valence-corrected chi connectivity index (χ3v) is 6.69. The van der Waals surface area contributed by atoms with Gasteiger partial charge in [-0.25, -0.2) is 0 Å². The molecule has 7 rings (SSSR count). The smallest absolute Gasteiger partial charge is 0.0964 e. The number of pyridine rings is 2. The van der Waals surface area contributed by atoms with Gasteiger partial charge < -0.3 is 0 Å². The number of aromatic nitrogens is 2. The molecule has 0 saturated carbocycles. The Morgan fingerprint density at radius 3 is 1.26 bits per heavy atom. The van der Waals surface area contributed by atoms with Crippen LogP contribution >= 0.6 is 0 Å². The molecule has 2 aromatic heterocycles. The molecule has 2 heterocycles. The first-order valence-electron chi connectivity index (χ1n) is 15.1. The van der Waals surface area contributed by atoms with E-state index >= 15 is 0 Å². The van der Waals surface area contributed by atoms with E-state index in [1.54, 1.807) is 12.4 Å². The van der Waals surface area contributed by atoms with Crippen molar-refractivity contribution in [1.82, 2.24) is 9.97 Å². The van der Waals surface area contributed by atoms with Crippen LogP contribution in [0.5, 0.6) is 0 Å². The maximum Gasteiger partial charge on any atom is 0.0964 e. The van der Waals surface area contributed by atoms with Gasteiger partial charge >= 0.3 is 0 Å². The van der Waals surface area contributed by atoms with Gasteiger partial charge in [-0.05, 0) is 59.5 Å². The zero-order chi connectivity index (χ0) is 30.3. The predicted octanol–water partition coefficient (Wildman–Crippen LogP) is 11.7. The lowest BCUT2D eigenvalue weighted by Crippen LogP contribution is -1.83. The highest BCUT2D eigenvalue weighted by molar-refractivity contribution is 6.07. The van der Waals surface area contributed by atoms with E-state index in [4.69, 9.17) is 0 Å². The Kier molecular flexibility index (Phi) is 12.7. The van der Waals surface area contributed by atoms with Crippen molar-refractivity contribution in [2.45, 2.75) is 54.9 Å². The highest BCUT2D eigenvalue weighted by Gasteiger charge is 2.00. The average molecular weight is 553 g/mol. The lowest BCUT2D eigenvalue weighted by molar-refractivity contribution is 1.12. The first-order valence-corrected chi connectivity index (χ1v) is 15.1. The molecule has 42 heavy (non-hydrogen) atoms. The summed E-state index contributed by atoms with van der Waals surface area (Å²) in [7, 11) is 0. The maximum absolute atomic E-state index is 4.35. The Morgan fingerprint density at radius 2 is 0.833 bits per heavy atom. The molecule has 7 aromatic rings. The van der Waals surface area contributed by atoms with Crippen LogP contribution in [0.2, 0.25) is 0 Å². The summed E-state index contributed by atoms with van der Waals surface area (Å²) in [5.74, 6) is 0. The van der Waals surface area contributed by atoms with Crippen molar-refractivity contribution in [1.29, 1.82) is 0 Å². The molecule has 0 N–H and O–H groups in total. The minimum Gasteiger partial charge on any atom is -0.254 e. The van der Waals surface area contributed by atoms with Gasteiger partial charge in [0.05, 0.1) is 11.0 Å². The lowest BCUT2D eigenvalue weighted by Gasteiger charge is -2.02. The summed E-state index contributed by atoms with van der Waals surface area (Å²) < 4.78 is 0. The molecule has 214 valence electrons. The molecule has 0 atom stereocenters. The number of hydrogen-bond donors (Lipinski definition) is 0. The Morgan fingerprint density at radius 1 is 0.452 bits per heavy atom. The fourth-order valence-corrected chi connectivity index (χ4v) is 4.91. The number of benzene rings is 5. The summed E-state index contributed by atoms with van der Waals surface area (Å²) in [6, 6.07) is 40.2. The van der Waals surface area contributed by atoms with Crippen LogP contribution in [0.15, 0.2) is 128 Å². The highest BCUT2D eigenvalue weighted by Crippen LogP contribution is 2.24. The standard InChI is InChI=1S/C14H10.C12H8N2.C10H14.2C2H6/c1-3-7-13-11(5-1)9-10-12-6-2-4-8-14(12)13;1-3-9-5-6-10-4-2-8-14-12(10)11(9)13-7-1;1-4-10-6-8(2)5-9(3)7-10;2*1-2/h1-10H;1-8H;5-7H,4H2,1-3H3;2*1-2H3. The Balaban J connectivity index is 0.000000166. The zero-order valence-electron chi connectivity index (χ0n) is 26.2. The number of aryl methyl sites for hydroxylation is 3. The maximum atomic E-state index is 4.35. The summed E-state index contributed by atoms with van der Waals surface area (Å²) in [6.07, 6.45) is 4.75. The van der Waals surface area contributed by atoms with Crippen LogP contribution in [-0.2, 0) is 6.42 Å². The molecule has 0 radical (unpaired) electrons. The van der Waals surface area contributed by atoms with Crippen LogP contribution in [0.25, 0.3) is 43.4 Å². The van der Waals surface area contributed by atoms with E-state index in [2.05, 4.69) is 134 Å². The summed E-state index contributed by atoms with van der Waals surface area (Å²) in [5, 5.41) is 7.58. The molecule has 0 unspecified atom stereocenters. The van der Waals surface area contributed by atoms with Crippen LogP contribution < -0.4 is 0 Å². The number of rotatable bonds is 1. The van der Waals surface area contributed by atoms with E-state index in [1.165, 1.54) is 38.2 Å². The first-order chi connectivity index (χ1) is 20.6. The van der Waals surface area contributed by atoms with Gasteiger partial charge in [-0.2, -0.15) is 0 Å². The molecule has 0 spiro atoms. The summed E-state index contributed by atoms with van der Waals surface area (Å²) in [4.78, 5) is 8.69. The normalized spacial score (nSPS) is 9.88. The highest BCUT2D eigenvalue weighted by atomic mass is 14.7. The minimum absolute atomic E-state index is 0.977. The van der Waals surface area contributed by atoms with Gasteiger partial charge in [0.2, 0.25) is 0 Å². The minimum atomic E-state index is 0.977. The number of nitrogens with zero attached hydrogens (tertiary/aromatic N) is 2. The van der Waals surface area contributed by atoms with Gasteiger partial charge in [0.25, 0.3) is 0 Å². The second-order valence-corrected chi connectivity index (χ2v) is 9.57. The van der Waals surface area contributed by atoms with Crippen LogP contribution in [0, 0.1) is 13.8 Å². The van der Waals surface area contributed by atoms with Crippen molar-refractivity contribution in [3.8, 4) is 0 Å². The van der Waals surface area contributed by atoms with Crippen molar-refractivity contribution in [3.63, 3.8) is 0 Å². The lowest BCUT2D eigenvalue weighted by atomic mass is 10.0. The van der Waals surface area contributed by atoms with E-state index in [0.717, 1.165) is 28.2 Å². The van der Waals surface area contributed by atoms with Crippen molar-refractivity contribution >= 4 is 43.4 Å². The average Bonchev–Trinajstić information content (AvgIpc) is 3.06. The Bertz CT molecular complexity index is 1590. The molecule has 0 aliphatic heterocycles. The van der Waals surface area contributed by atoms with E-state index in [1.807, 2.05) is 39.8 Å². The topological polar surface area (TPSA) is 25.8 Å². The van der Waals surface area contributed by atoms with Crippen molar-refractivity contribution in [2.24, 2.45) is 0 Å². The van der Waals surface area contributed by atoms with Gasteiger partial charge in [-0.15, -0.1) is 0 Å². The van der Waals surface area contributed by atoms with Gasteiger partial charge in [-0.3, -0.25) is 9.97 Å². The third-order valence-electron chi connectivity index (χ3n) is 6.69. The second-order valence-electron chi connectivity index (χ2n) is 9.57. The van der Waals surface area contributed by atoms with Crippen molar-refractivity contribution in [2.75, 3.05) is 0 Å². The van der Waals surface area contributed by atoms with E-state index in [0.29, 0.717) is 0 Å². The number of hydrogen-bond acceptors (Lipinski definition) is 2. The van der Waals surface area contributed by atoms with E-state index < -0.39 is 0 Å². The molecule has 0 aliphatic rings. The van der Waals surface area contributed by atoms with Crippen LogP contribution in [0.1, 0.15) is 51.3 Å². The molecular formula is C40H44N2. The largest absolute Gasteiger partial charge is 0.254 e. The predicted molar refractivity (Wildman–Crippen MR) is 186 cm³/mol. The fourth-order valence-electron chi connectivity index (χ4n) is 4.91. The van der Waals surface area contributed by atoms with Crippen molar-refractivity contribution in [3.05, 3.63) is 144 Å². The summed E-state index contributed by atoms with van der Waals surface area (Å²) >= 11 is 0. The SMILES string of the molecule is CC.CC.CCc1cc(C)cc(C)c1.c1ccc2c(c1)ccc1ccccc12.c1cnc2c(c1)ccc1cccnc12. The van der Waals surface area contributed by atoms with Crippen LogP contribution in [-0.4, -0.2) is 9.97 Å². The molecule has 0 amide bonds. The fraction of sp³-hybridized carbons (Fsp3) is 0.200. The van der Waals surface area contributed by atoms with Crippen LogP contribution in [0.3, 0.4) is 0 Å². The molecule has 2 heteroatoms. The molecule has 0 fully saturated rings. The van der Waals surface area contributed by atoms with Gasteiger partial charge in [-0.1, -0.05) is 149 Å². The Labute approximate surface area is 252 Å². The van der Waals surface area contributed by atoms with E-state index in [9.17, 15) is 0 Å². The van der Waals surface area contributed by atoms with Crippen LogP contribution in [0.4, 0.5) is 0 Å². The first kappa shape index (κ1) is 32.0. The van der Waals surface area contributed by atoms with Gasteiger partial charge in [0.15, 0.2) is 0 Å². The second kappa shape index (κ2) is 16.6. The van der Waals surface area contributed by atoms with Crippen molar-refractivity contribution < 1.29 is 0 Å². The zero-order valence-corrected chi connectivity index (χ0v) is 26.2. The monoisotopic (exact) mass is 552 g/mol. The molecule has 0 aliphatic carbocycles. The molecule has 5 aromatic carbocycles. The van der Waals surface area contributed by atoms with Gasteiger partial charge in [0, 0.05) is 23.2 Å². The summed E-state index contributed by atoms with van der Waals surface area (Å²) in [5.41, 5.74) is 6.14. The molecule has 0 bridgehead atoms. The van der Waals surface area contributed by atoms with Gasteiger partial charge in [0.1, 0.15) is 0 Å².